The fourth-order valence-electron chi connectivity index (χ4n) is 3.77. The second kappa shape index (κ2) is 9.31. The first-order valence-corrected chi connectivity index (χ1v) is 11.1. The maximum absolute atomic E-state index is 5.99. The summed E-state index contributed by atoms with van der Waals surface area (Å²) >= 11 is 5.99. The summed E-state index contributed by atoms with van der Waals surface area (Å²) in [6, 6.07) is 31.8. The molecule has 0 fully saturated rings. The average molecular weight is 449 g/mol. The van der Waals surface area contributed by atoms with E-state index in [1.54, 1.807) is 0 Å². The molecule has 0 heterocycles. The lowest BCUT2D eigenvalue weighted by Gasteiger charge is -2.05. The number of rotatable bonds is 5. The van der Waals surface area contributed by atoms with E-state index in [0.29, 0.717) is 5.02 Å². The van der Waals surface area contributed by atoms with E-state index in [-0.39, 0.29) is 0 Å². The number of halogens is 1. The summed E-state index contributed by atoms with van der Waals surface area (Å²) in [4.78, 5) is 0. The molecule has 4 aromatic rings. The van der Waals surface area contributed by atoms with Gasteiger partial charge >= 0.3 is 0 Å². The Morgan fingerprint density at radius 1 is 0.606 bits per heavy atom. The van der Waals surface area contributed by atoms with E-state index in [9.17, 15) is 0 Å². The van der Waals surface area contributed by atoms with Crippen LogP contribution >= 0.6 is 11.6 Å². The van der Waals surface area contributed by atoms with E-state index in [1.807, 2.05) is 66.7 Å². The number of allylic oxidation sites excluding steroid dienone is 1. The molecule has 0 saturated carbocycles. The van der Waals surface area contributed by atoms with Gasteiger partial charge in [-0.25, -0.2) is 0 Å². The van der Waals surface area contributed by atoms with Crippen LogP contribution in [0, 0.1) is 6.92 Å². The molecule has 4 nitrogen and oxygen atoms in total. The Balaban J connectivity index is 1.44. The minimum atomic E-state index is 0.680. The van der Waals surface area contributed by atoms with E-state index < -0.39 is 0 Å². The van der Waals surface area contributed by atoms with Crippen molar-refractivity contribution in [1.82, 2.24) is 0 Å². The Bertz CT molecular complexity index is 1370. The maximum atomic E-state index is 5.99. The Hall–Kier alpha value is -3.89. The monoisotopic (exact) mass is 448 g/mol. The van der Waals surface area contributed by atoms with Crippen molar-refractivity contribution in [2.75, 3.05) is 0 Å². The van der Waals surface area contributed by atoms with E-state index in [2.05, 4.69) is 57.7 Å². The lowest BCUT2D eigenvalue weighted by Crippen LogP contribution is -1.85. The van der Waals surface area contributed by atoms with Crippen LogP contribution in [0.25, 0.3) is 11.3 Å². The van der Waals surface area contributed by atoms with Gasteiger partial charge in [0, 0.05) is 17.0 Å². The van der Waals surface area contributed by atoms with Crippen LogP contribution in [0.15, 0.2) is 118 Å². The van der Waals surface area contributed by atoms with E-state index >= 15 is 0 Å². The van der Waals surface area contributed by atoms with Gasteiger partial charge in [-0.3, -0.25) is 0 Å². The molecule has 4 aromatic carbocycles. The van der Waals surface area contributed by atoms with Crippen molar-refractivity contribution < 1.29 is 0 Å². The van der Waals surface area contributed by atoms with Crippen LogP contribution < -0.4 is 0 Å². The Morgan fingerprint density at radius 3 is 1.82 bits per heavy atom. The molecule has 160 valence electrons. The smallest absolute Gasteiger partial charge is 0.0973 e. The van der Waals surface area contributed by atoms with E-state index in [4.69, 9.17) is 11.6 Å². The lowest BCUT2D eigenvalue weighted by molar-refractivity contribution is 1.22. The molecule has 0 bridgehead atoms. The minimum Gasteiger partial charge on any atom is -0.151 e. The summed E-state index contributed by atoms with van der Waals surface area (Å²) < 4.78 is 0. The third-order valence-corrected chi connectivity index (χ3v) is 5.80. The second-order valence-electron chi connectivity index (χ2n) is 7.92. The average Bonchev–Trinajstić information content (AvgIpc) is 3.22. The molecule has 1 aliphatic carbocycles. The minimum absolute atomic E-state index is 0.680. The van der Waals surface area contributed by atoms with Gasteiger partial charge in [-0.1, -0.05) is 65.7 Å². The Kier molecular flexibility index (Phi) is 5.92. The summed E-state index contributed by atoms with van der Waals surface area (Å²) in [5.41, 5.74) is 9.13. The van der Waals surface area contributed by atoms with Crippen molar-refractivity contribution in [3.05, 3.63) is 124 Å². The van der Waals surface area contributed by atoms with Crippen molar-refractivity contribution >= 4 is 39.9 Å². The zero-order valence-corrected chi connectivity index (χ0v) is 18.9. The topological polar surface area (TPSA) is 49.4 Å². The maximum Gasteiger partial charge on any atom is 0.0973 e. The molecular formula is C28H21ClN4. The molecule has 1 aliphatic rings. The SMILES string of the molecule is Cc1ccc(N=Nc2ccc(C3=C(N=Nc4ccc(Cl)cc4)c4ccccc4C3)cc2)cc1. The predicted molar refractivity (Wildman–Crippen MR) is 135 cm³/mol. The largest absolute Gasteiger partial charge is 0.151 e. The molecule has 0 saturated heterocycles. The van der Waals surface area contributed by atoms with Gasteiger partial charge in [0.1, 0.15) is 0 Å². The summed E-state index contributed by atoms with van der Waals surface area (Å²) in [7, 11) is 0. The van der Waals surface area contributed by atoms with Crippen LogP contribution in [-0.2, 0) is 6.42 Å². The summed E-state index contributed by atoms with van der Waals surface area (Å²) in [6.45, 7) is 2.05. The highest BCUT2D eigenvalue weighted by atomic mass is 35.5. The summed E-state index contributed by atoms with van der Waals surface area (Å²) in [6.07, 6.45) is 0.815. The molecule has 0 atom stereocenters. The van der Waals surface area contributed by atoms with Gasteiger partial charge in [0.15, 0.2) is 0 Å². The first-order chi connectivity index (χ1) is 16.2. The molecule has 0 spiro atoms. The van der Waals surface area contributed by atoms with Crippen molar-refractivity contribution in [2.45, 2.75) is 13.3 Å². The van der Waals surface area contributed by atoms with Gasteiger partial charge < -0.3 is 0 Å². The van der Waals surface area contributed by atoms with Crippen molar-refractivity contribution in [3.8, 4) is 0 Å². The normalized spacial score (nSPS) is 13.3. The number of fused-ring (bicyclic) bond motifs is 1. The van der Waals surface area contributed by atoms with E-state index in [0.717, 1.165) is 45.9 Å². The molecule has 33 heavy (non-hydrogen) atoms. The fourth-order valence-corrected chi connectivity index (χ4v) is 3.89. The van der Waals surface area contributed by atoms with Gasteiger partial charge in [0.25, 0.3) is 0 Å². The Morgan fingerprint density at radius 2 is 1.15 bits per heavy atom. The quantitative estimate of drug-likeness (QED) is 0.273. The highest BCUT2D eigenvalue weighted by molar-refractivity contribution is 6.30. The van der Waals surface area contributed by atoms with Crippen LogP contribution in [0.1, 0.15) is 22.3 Å². The highest BCUT2D eigenvalue weighted by Gasteiger charge is 2.22. The fraction of sp³-hybridized carbons (Fsp3) is 0.0714. The molecule has 5 heteroatoms. The van der Waals surface area contributed by atoms with Crippen LogP contribution in [-0.4, -0.2) is 0 Å². The summed E-state index contributed by atoms with van der Waals surface area (Å²) in [5, 5.41) is 18.5. The van der Waals surface area contributed by atoms with Crippen LogP contribution in [0.3, 0.4) is 0 Å². The van der Waals surface area contributed by atoms with Crippen molar-refractivity contribution in [1.29, 1.82) is 0 Å². The molecule has 0 aromatic heterocycles. The highest BCUT2D eigenvalue weighted by Crippen LogP contribution is 2.40. The number of benzene rings is 4. The first kappa shape index (κ1) is 21.0. The zero-order valence-electron chi connectivity index (χ0n) is 18.1. The number of hydrogen-bond donors (Lipinski definition) is 0. The lowest BCUT2D eigenvalue weighted by atomic mass is 10.0. The van der Waals surface area contributed by atoms with Crippen LogP contribution in [0.4, 0.5) is 17.1 Å². The molecule has 5 rings (SSSR count). The van der Waals surface area contributed by atoms with Crippen molar-refractivity contribution in [2.24, 2.45) is 20.5 Å². The van der Waals surface area contributed by atoms with Gasteiger partial charge in [-0.05, 0) is 72.2 Å². The van der Waals surface area contributed by atoms with Gasteiger partial charge in [0.2, 0.25) is 0 Å². The summed E-state index contributed by atoms with van der Waals surface area (Å²) in [5.74, 6) is 0. The standard InChI is InChI=1S/C28H21ClN4/c1-19-6-12-23(13-7-19)30-31-24-14-8-20(9-15-24)27-18-21-4-2-3-5-26(21)28(27)33-32-25-16-10-22(29)11-17-25/h2-17H,18H2,1H3. The van der Waals surface area contributed by atoms with Crippen molar-refractivity contribution in [3.63, 3.8) is 0 Å². The van der Waals surface area contributed by atoms with Gasteiger partial charge in [-0.15, -0.1) is 5.11 Å². The molecule has 0 N–H and O–H groups in total. The second-order valence-corrected chi connectivity index (χ2v) is 8.36. The molecule has 0 amide bonds. The molecular weight excluding hydrogens is 428 g/mol. The van der Waals surface area contributed by atoms with E-state index in [1.165, 1.54) is 11.1 Å². The number of nitrogens with zero attached hydrogens (tertiary/aromatic N) is 4. The Labute approximate surface area is 198 Å². The zero-order chi connectivity index (χ0) is 22.6. The number of azo groups is 2. The molecule has 0 radical (unpaired) electrons. The number of hydrogen-bond acceptors (Lipinski definition) is 4. The van der Waals surface area contributed by atoms with Crippen LogP contribution in [0.2, 0.25) is 5.02 Å². The van der Waals surface area contributed by atoms with Gasteiger partial charge in [0.05, 0.1) is 22.8 Å². The van der Waals surface area contributed by atoms with Gasteiger partial charge in [-0.2, -0.15) is 15.3 Å². The third kappa shape index (κ3) is 4.81. The third-order valence-electron chi connectivity index (χ3n) is 5.55. The van der Waals surface area contributed by atoms with Crippen LogP contribution in [0.5, 0.6) is 0 Å². The first-order valence-electron chi connectivity index (χ1n) is 10.7. The number of aryl methyl sites for hydroxylation is 1. The predicted octanol–water partition coefficient (Wildman–Crippen LogP) is 9.27. The molecule has 0 aliphatic heterocycles. The molecule has 0 unspecified atom stereocenters.